The van der Waals surface area contributed by atoms with Gasteiger partial charge in [-0.05, 0) is 6.42 Å². The number of hydrogen-bond donors (Lipinski definition) is 4. The van der Waals surface area contributed by atoms with E-state index in [9.17, 15) is 10.2 Å². The van der Waals surface area contributed by atoms with Gasteiger partial charge in [-0.3, -0.25) is 0 Å². The summed E-state index contributed by atoms with van der Waals surface area (Å²) in [5, 5.41) is 36.4. The first kappa shape index (κ1) is 13.8. The first-order chi connectivity index (χ1) is 7.65. The van der Waals surface area contributed by atoms with Crippen molar-refractivity contribution in [3.63, 3.8) is 0 Å². The van der Waals surface area contributed by atoms with Crippen LogP contribution in [0.3, 0.4) is 0 Å². The van der Waals surface area contributed by atoms with E-state index in [0.29, 0.717) is 19.1 Å². The smallest absolute Gasteiger partial charge is 0.110 e. The van der Waals surface area contributed by atoms with Crippen LogP contribution in [-0.2, 0) is 9.47 Å². The molecule has 1 saturated heterocycles. The highest BCUT2D eigenvalue weighted by Gasteiger charge is 2.24. The predicted molar refractivity (Wildman–Crippen MR) is 54.9 cm³/mol. The van der Waals surface area contributed by atoms with Crippen LogP contribution in [0.5, 0.6) is 0 Å². The summed E-state index contributed by atoms with van der Waals surface area (Å²) in [5.74, 6) is 0.340. The highest BCUT2D eigenvalue weighted by atomic mass is 16.5. The Morgan fingerprint density at radius 2 is 2.00 bits per heavy atom. The molecule has 1 aliphatic heterocycles. The standard InChI is InChI=1S/C10H20O6/c11-3-8(12)10(14)9(13)6-16-5-7-1-2-15-4-7/h7-14H,1-6H2/t7?,8-,9+,10+/m1/s1. The van der Waals surface area contributed by atoms with Gasteiger partial charge in [-0.1, -0.05) is 0 Å². The lowest BCUT2D eigenvalue weighted by Crippen LogP contribution is -2.42. The van der Waals surface area contributed by atoms with E-state index >= 15 is 0 Å². The van der Waals surface area contributed by atoms with E-state index in [-0.39, 0.29) is 6.61 Å². The maximum Gasteiger partial charge on any atom is 0.110 e. The fourth-order valence-electron chi connectivity index (χ4n) is 1.53. The molecule has 1 unspecified atom stereocenters. The largest absolute Gasteiger partial charge is 0.394 e. The Labute approximate surface area is 94.4 Å². The molecule has 0 aromatic rings. The lowest BCUT2D eigenvalue weighted by Gasteiger charge is -2.21. The number of hydrogen-bond acceptors (Lipinski definition) is 6. The molecule has 0 aromatic carbocycles. The topological polar surface area (TPSA) is 99.4 Å². The van der Waals surface area contributed by atoms with Crippen LogP contribution in [0.4, 0.5) is 0 Å². The van der Waals surface area contributed by atoms with Crippen LogP contribution in [-0.4, -0.2) is 71.8 Å². The second kappa shape index (κ2) is 7.16. The molecule has 1 aliphatic rings. The normalized spacial score (nSPS) is 26.6. The summed E-state index contributed by atoms with van der Waals surface area (Å²) in [4.78, 5) is 0. The Kier molecular flexibility index (Phi) is 6.18. The van der Waals surface area contributed by atoms with Crippen LogP contribution in [0.15, 0.2) is 0 Å². The number of ether oxygens (including phenoxy) is 2. The van der Waals surface area contributed by atoms with Crippen LogP contribution in [0.25, 0.3) is 0 Å². The molecule has 0 aliphatic carbocycles. The van der Waals surface area contributed by atoms with Crippen molar-refractivity contribution in [3.8, 4) is 0 Å². The molecular weight excluding hydrogens is 216 g/mol. The van der Waals surface area contributed by atoms with Crippen molar-refractivity contribution in [2.45, 2.75) is 24.7 Å². The molecule has 4 N–H and O–H groups in total. The van der Waals surface area contributed by atoms with Gasteiger partial charge in [-0.2, -0.15) is 0 Å². The zero-order valence-electron chi connectivity index (χ0n) is 9.16. The Balaban J connectivity index is 2.11. The van der Waals surface area contributed by atoms with Gasteiger partial charge in [0.05, 0.1) is 26.4 Å². The fourth-order valence-corrected chi connectivity index (χ4v) is 1.53. The molecule has 1 fully saturated rings. The predicted octanol–water partition coefficient (Wildman–Crippen LogP) is -1.89. The maximum absolute atomic E-state index is 9.42. The minimum Gasteiger partial charge on any atom is -0.394 e. The molecule has 4 atom stereocenters. The molecule has 6 heteroatoms. The number of aliphatic hydroxyl groups excluding tert-OH is 4. The maximum atomic E-state index is 9.42. The Morgan fingerprint density at radius 1 is 1.25 bits per heavy atom. The second-order valence-electron chi connectivity index (χ2n) is 4.07. The third-order valence-electron chi connectivity index (χ3n) is 2.64. The van der Waals surface area contributed by atoms with Gasteiger partial charge >= 0.3 is 0 Å². The van der Waals surface area contributed by atoms with E-state index in [2.05, 4.69) is 0 Å². The van der Waals surface area contributed by atoms with Crippen LogP contribution in [0.1, 0.15) is 6.42 Å². The van der Waals surface area contributed by atoms with E-state index in [4.69, 9.17) is 19.7 Å². The van der Waals surface area contributed by atoms with Crippen molar-refractivity contribution >= 4 is 0 Å². The molecule has 0 radical (unpaired) electrons. The van der Waals surface area contributed by atoms with Gasteiger partial charge in [0, 0.05) is 12.5 Å². The van der Waals surface area contributed by atoms with Gasteiger partial charge in [0.2, 0.25) is 0 Å². The quantitative estimate of drug-likeness (QED) is 0.413. The van der Waals surface area contributed by atoms with Gasteiger partial charge in [-0.25, -0.2) is 0 Å². The Bertz CT molecular complexity index is 182. The SMILES string of the molecule is OC[C@@H](O)[C@H](O)[C@@H](O)COCC1CCOC1. The van der Waals surface area contributed by atoms with Crippen molar-refractivity contribution < 1.29 is 29.9 Å². The van der Waals surface area contributed by atoms with E-state index < -0.39 is 24.9 Å². The molecule has 1 heterocycles. The van der Waals surface area contributed by atoms with Crippen molar-refractivity contribution in [1.29, 1.82) is 0 Å². The lowest BCUT2D eigenvalue weighted by atomic mass is 10.1. The molecule has 0 spiro atoms. The monoisotopic (exact) mass is 236 g/mol. The van der Waals surface area contributed by atoms with E-state index in [1.807, 2.05) is 0 Å². The van der Waals surface area contributed by atoms with Crippen molar-refractivity contribution in [3.05, 3.63) is 0 Å². The van der Waals surface area contributed by atoms with Crippen LogP contribution in [0.2, 0.25) is 0 Å². The first-order valence-corrected chi connectivity index (χ1v) is 5.45. The van der Waals surface area contributed by atoms with Crippen LogP contribution < -0.4 is 0 Å². The molecule has 96 valence electrons. The summed E-state index contributed by atoms with van der Waals surface area (Å²) in [6, 6.07) is 0. The minimum absolute atomic E-state index is 0.0608. The van der Waals surface area contributed by atoms with Gasteiger partial charge in [0.1, 0.15) is 18.3 Å². The van der Waals surface area contributed by atoms with Crippen molar-refractivity contribution in [2.24, 2.45) is 5.92 Å². The van der Waals surface area contributed by atoms with E-state index in [1.54, 1.807) is 0 Å². The summed E-state index contributed by atoms with van der Waals surface area (Å²) in [7, 11) is 0. The minimum atomic E-state index is -1.38. The zero-order chi connectivity index (χ0) is 12.0. The molecule has 0 bridgehead atoms. The van der Waals surface area contributed by atoms with Gasteiger partial charge in [0.15, 0.2) is 0 Å². The number of aliphatic hydroxyl groups is 4. The second-order valence-corrected chi connectivity index (χ2v) is 4.07. The summed E-state index contributed by atoms with van der Waals surface area (Å²) in [6.45, 7) is 1.22. The molecular formula is C10H20O6. The van der Waals surface area contributed by atoms with Gasteiger partial charge in [-0.15, -0.1) is 0 Å². The number of rotatable bonds is 7. The fraction of sp³-hybridized carbons (Fsp3) is 1.00. The highest BCUT2D eigenvalue weighted by Crippen LogP contribution is 2.12. The van der Waals surface area contributed by atoms with E-state index in [1.165, 1.54) is 0 Å². The Morgan fingerprint density at radius 3 is 2.56 bits per heavy atom. The molecule has 0 amide bonds. The van der Waals surface area contributed by atoms with Crippen LogP contribution >= 0.6 is 0 Å². The van der Waals surface area contributed by atoms with Crippen molar-refractivity contribution in [1.82, 2.24) is 0 Å². The van der Waals surface area contributed by atoms with Gasteiger partial charge in [0.25, 0.3) is 0 Å². The molecule has 0 saturated carbocycles. The van der Waals surface area contributed by atoms with Crippen molar-refractivity contribution in [2.75, 3.05) is 33.0 Å². The molecule has 16 heavy (non-hydrogen) atoms. The van der Waals surface area contributed by atoms with Crippen LogP contribution in [0, 0.1) is 5.92 Å². The van der Waals surface area contributed by atoms with E-state index in [0.717, 1.165) is 13.0 Å². The summed E-state index contributed by atoms with van der Waals surface area (Å²) < 4.78 is 10.4. The third-order valence-corrected chi connectivity index (χ3v) is 2.64. The Hall–Kier alpha value is -0.240. The third kappa shape index (κ3) is 4.32. The highest BCUT2D eigenvalue weighted by molar-refractivity contribution is 4.74. The summed E-state index contributed by atoms with van der Waals surface area (Å²) in [6.07, 6.45) is -2.97. The zero-order valence-corrected chi connectivity index (χ0v) is 9.16. The van der Waals surface area contributed by atoms with Gasteiger partial charge < -0.3 is 29.9 Å². The average Bonchev–Trinajstić information content (AvgIpc) is 2.79. The lowest BCUT2D eigenvalue weighted by molar-refractivity contribution is -0.102. The first-order valence-electron chi connectivity index (χ1n) is 5.45. The molecule has 6 nitrogen and oxygen atoms in total. The molecule has 1 rings (SSSR count). The summed E-state index contributed by atoms with van der Waals surface area (Å²) in [5.41, 5.74) is 0. The summed E-state index contributed by atoms with van der Waals surface area (Å²) >= 11 is 0. The average molecular weight is 236 g/mol. The molecule has 0 aromatic heterocycles.